The smallest absolute Gasteiger partial charge is 0.194 e. The van der Waals surface area contributed by atoms with Gasteiger partial charge in [0.2, 0.25) is 0 Å². The largest absolute Gasteiger partial charge is 0.383 e. The summed E-state index contributed by atoms with van der Waals surface area (Å²) in [7, 11) is 5.54. The van der Waals surface area contributed by atoms with Crippen molar-refractivity contribution in [3.05, 3.63) is 16.1 Å². The number of guanidine groups is 1. The highest BCUT2D eigenvalue weighted by atomic mass is 32.1. The maximum atomic E-state index is 5.35. The second-order valence-electron chi connectivity index (χ2n) is 6.91. The van der Waals surface area contributed by atoms with Crippen LogP contribution in [0.3, 0.4) is 0 Å². The molecule has 1 aliphatic carbocycles. The lowest BCUT2D eigenvalue weighted by Crippen LogP contribution is -2.39. The molecule has 0 aliphatic heterocycles. The minimum Gasteiger partial charge on any atom is -0.383 e. The standard InChI is InChI=1S/C19H35N5O2S/c1-6-20-19(21-9-10-24(11-12-25-4)17-7-8-17)23(3)13-16-14-27-18(22-16)15(2)26-5/h14-15,17H,6-13H2,1-5H3,(H,20,21). The molecule has 0 spiro atoms. The van der Waals surface area contributed by atoms with Gasteiger partial charge in [0.05, 0.1) is 25.4 Å². The van der Waals surface area contributed by atoms with E-state index in [9.17, 15) is 0 Å². The Morgan fingerprint density at radius 3 is 2.81 bits per heavy atom. The summed E-state index contributed by atoms with van der Waals surface area (Å²) in [6.45, 7) is 9.23. The summed E-state index contributed by atoms with van der Waals surface area (Å²) in [6.07, 6.45) is 2.65. The highest BCUT2D eigenvalue weighted by Crippen LogP contribution is 2.26. The van der Waals surface area contributed by atoms with Crippen LogP contribution >= 0.6 is 11.3 Å². The average molecular weight is 398 g/mol. The van der Waals surface area contributed by atoms with E-state index in [1.165, 1.54) is 12.8 Å². The Hall–Kier alpha value is -1.22. The lowest BCUT2D eigenvalue weighted by molar-refractivity contribution is 0.119. The maximum absolute atomic E-state index is 5.35. The van der Waals surface area contributed by atoms with Crippen molar-refractivity contribution in [2.45, 2.75) is 45.4 Å². The zero-order chi connectivity index (χ0) is 19.6. The fourth-order valence-corrected chi connectivity index (χ4v) is 3.72. The van der Waals surface area contributed by atoms with Crippen LogP contribution in [0.15, 0.2) is 10.4 Å². The summed E-state index contributed by atoms with van der Waals surface area (Å²) in [5.74, 6) is 0.925. The molecule has 1 aliphatic rings. The molecule has 1 atom stereocenters. The lowest BCUT2D eigenvalue weighted by atomic mass is 10.4. The number of methoxy groups -OCH3 is 2. The molecule has 1 saturated carbocycles. The molecular formula is C19H35N5O2S. The zero-order valence-corrected chi connectivity index (χ0v) is 18.2. The molecule has 0 bridgehead atoms. The topological polar surface area (TPSA) is 62.2 Å². The van der Waals surface area contributed by atoms with Gasteiger partial charge in [0.15, 0.2) is 5.96 Å². The van der Waals surface area contributed by atoms with Gasteiger partial charge in [-0.2, -0.15) is 0 Å². The Bertz CT molecular complexity index is 576. The van der Waals surface area contributed by atoms with E-state index in [4.69, 9.17) is 14.5 Å². The number of aliphatic imine (C=N–C) groups is 1. The first kappa shape index (κ1) is 22.1. The number of ether oxygens (including phenoxy) is 2. The van der Waals surface area contributed by atoms with E-state index < -0.39 is 0 Å². The van der Waals surface area contributed by atoms with Crippen molar-refractivity contribution in [1.82, 2.24) is 20.1 Å². The molecule has 1 N–H and O–H groups in total. The van der Waals surface area contributed by atoms with Crippen LogP contribution in [0.1, 0.15) is 43.5 Å². The Balaban J connectivity index is 1.89. The fraction of sp³-hybridized carbons (Fsp3) is 0.789. The molecule has 154 valence electrons. The minimum atomic E-state index is 0.0384. The van der Waals surface area contributed by atoms with Crippen molar-refractivity contribution in [2.24, 2.45) is 4.99 Å². The number of aromatic nitrogens is 1. The molecule has 1 unspecified atom stereocenters. The van der Waals surface area contributed by atoms with Crippen LogP contribution < -0.4 is 5.32 Å². The highest BCUT2D eigenvalue weighted by molar-refractivity contribution is 7.09. The summed E-state index contributed by atoms with van der Waals surface area (Å²) in [5.41, 5.74) is 1.05. The van der Waals surface area contributed by atoms with E-state index in [-0.39, 0.29) is 6.10 Å². The Labute approximate surface area is 167 Å². The molecule has 1 aromatic heterocycles. The molecule has 7 nitrogen and oxygen atoms in total. The third-order valence-electron chi connectivity index (χ3n) is 4.66. The first-order valence-electron chi connectivity index (χ1n) is 9.78. The minimum absolute atomic E-state index is 0.0384. The second kappa shape index (κ2) is 11.6. The van der Waals surface area contributed by atoms with E-state index in [1.54, 1.807) is 25.6 Å². The maximum Gasteiger partial charge on any atom is 0.194 e. The van der Waals surface area contributed by atoms with E-state index in [1.807, 2.05) is 6.92 Å². The van der Waals surface area contributed by atoms with E-state index in [2.05, 4.69) is 39.5 Å². The summed E-state index contributed by atoms with van der Waals surface area (Å²) in [6, 6.07) is 0.729. The van der Waals surface area contributed by atoms with Gasteiger partial charge in [0, 0.05) is 52.3 Å². The van der Waals surface area contributed by atoms with Gasteiger partial charge in [0.25, 0.3) is 0 Å². The van der Waals surface area contributed by atoms with Gasteiger partial charge in [-0.05, 0) is 26.7 Å². The first-order valence-corrected chi connectivity index (χ1v) is 10.7. The number of hydrogen-bond donors (Lipinski definition) is 1. The van der Waals surface area contributed by atoms with E-state index in [0.717, 1.165) is 62.0 Å². The summed E-state index contributed by atoms with van der Waals surface area (Å²) >= 11 is 1.65. The van der Waals surface area contributed by atoms with Crippen molar-refractivity contribution in [2.75, 3.05) is 54.1 Å². The number of nitrogens with zero attached hydrogens (tertiary/aromatic N) is 4. The van der Waals surface area contributed by atoms with Gasteiger partial charge in [0.1, 0.15) is 11.1 Å². The predicted molar refractivity (Wildman–Crippen MR) is 111 cm³/mol. The Morgan fingerprint density at radius 2 is 2.19 bits per heavy atom. The van der Waals surface area contributed by atoms with Crippen molar-refractivity contribution in [3.63, 3.8) is 0 Å². The molecule has 0 saturated heterocycles. The van der Waals surface area contributed by atoms with Crippen molar-refractivity contribution < 1.29 is 9.47 Å². The van der Waals surface area contributed by atoms with Crippen LogP contribution in [-0.4, -0.2) is 80.8 Å². The van der Waals surface area contributed by atoms with Gasteiger partial charge < -0.3 is 19.7 Å². The van der Waals surface area contributed by atoms with Gasteiger partial charge >= 0.3 is 0 Å². The second-order valence-corrected chi connectivity index (χ2v) is 7.80. The van der Waals surface area contributed by atoms with E-state index >= 15 is 0 Å². The number of hydrogen-bond acceptors (Lipinski definition) is 6. The predicted octanol–water partition coefficient (Wildman–Crippen LogP) is 2.36. The third kappa shape index (κ3) is 7.37. The zero-order valence-electron chi connectivity index (χ0n) is 17.4. The van der Waals surface area contributed by atoms with Gasteiger partial charge in [-0.3, -0.25) is 9.89 Å². The van der Waals surface area contributed by atoms with Crippen LogP contribution in [0.5, 0.6) is 0 Å². The average Bonchev–Trinajstić information content (AvgIpc) is 3.41. The number of rotatable bonds is 12. The van der Waals surface area contributed by atoms with Crippen LogP contribution in [0.25, 0.3) is 0 Å². The molecule has 0 radical (unpaired) electrons. The third-order valence-corrected chi connectivity index (χ3v) is 5.72. The normalized spacial score (nSPS) is 16.0. The van der Waals surface area contributed by atoms with Crippen LogP contribution in [0.2, 0.25) is 0 Å². The summed E-state index contributed by atoms with van der Waals surface area (Å²) in [5, 5.41) is 6.51. The molecule has 1 heterocycles. The molecule has 27 heavy (non-hydrogen) atoms. The monoisotopic (exact) mass is 397 g/mol. The quantitative estimate of drug-likeness (QED) is 0.432. The van der Waals surface area contributed by atoms with Crippen LogP contribution in [-0.2, 0) is 16.0 Å². The van der Waals surface area contributed by atoms with Crippen LogP contribution in [0.4, 0.5) is 0 Å². The number of nitrogens with one attached hydrogen (secondary N) is 1. The van der Waals surface area contributed by atoms with Crippen molar-refractivity contribution in [1.29, 1.82) is 0 Å². The fourth-order valence-electron chi connectivity index (χ4n) is 2.88. The summed E-state index contributed by atoms with van der Waals surface area (Å²) in [4.78, 5) is 14.1. The molecule has 1 aromatic rings. The summed E-state index contributed by atoms with van der Waals surface area (Å²) < 4.78 is 10.6. The molecular weight excluding hydrogens is 362 g/mol. The Morgan fingerprint density at radius 1 is 1.41 bits per heavy atom. The molecule has 8 heteroatoms. The SMILES string of the molecule is CCNC(=NCCN(CCOC)C1CC1)N(C)Cc1csc(C(C)OC)n1. The molecule has 0 amide bonds. The van der Waals surface area contributed by atoms with Gasteiger partial charge in [-0.15, -0.1) is 11.3 Å². The molecule has 2 rings (SSSR count). The van der Waals surface area contributed by atoms with Gasteiger partial charge in [-0.1, -0.05) is 0 Å². The number of thiazole rings is 1. The van der Waals surface area contributed by atoms with Gasteiger partial charge in [-0.25, -0.2) is 4.98 Å². The highest BCUT2D eigenvalue weighted by Gasteiger charge is 2.28. The Kier molecular flexibility index (Phi) is 9.47. The van der Waals surface area contributed by atoms with E-state index in [0.29, 0.717) is 0 Å². The van der Waals surface area contributed by atoms with Crippen molar-refractivity contribution in [3.8, 4) is 0 Å². The molecule has 0 aromatic carbocycles. The van der Waals surface area contributed by atoms with Crippen molar-refractivity contribution >= 4 is 17.3 Å². The lowest BCUT2D eigenvalue weighted by Gasteiger charge is -2.23. The molecule has 1 fully saturated rings. The first-order chi connectivity index (χ1) is 13.1. The van der Waals surface area contributed by atoms with Crippen LogP contribution in [0, 0.1) is 0 Å².